The van der Waals surface area contributed by atoms with Crippen LogP contribution in [0.3, 0.4) is 0 Å². The fraction of sp³-hybridized carbons (Fsp3) is 0.188. The van der Waals surface area contributed by atoms with Crippen molar-refractivity contribution in [3.63, 3.8) is 0 Å². The van der Waals surface area contributed by atoms with Crippen molar-refractivity contribution in [1.82, 2.24) is 0 Å². The van der Waals surface area contributed by atoms with Crippen LogP contribution in [0.4, 0.5) is 5.69 Å². The van der Waals surface area contributed by atoms with Crippen LogP contribution in [-0.4, -0.2) is 5.71 Å². The summed E-state index contributed by atoms with van der Waals surface area (Å²) in [6.07, 6.45) is 3.68. The Morgan fingerprint density at radius 2 is 2.00 bits per heavy atom. The quantitative estimate of drug-likeness (QED) is 0.722. The summed E-state index contributed by atoms with van der Waals surface area (Å²) in [5.74, 6) is 0. The third kappa shape index (κ3) is 1.53. The lowest BCUT2D eigenvalue weighted by molar-refractivity contribution is 0.628. The zero-order chi connectivity index (χ0) is 13.5. The fourth-order valence-electron chi connectivity index (χ4n) is 2.60. The molecule has 0 radical (unpaired) electrons. The van der Waals surface area contributed by atoms with E-state index in [1.807, 2.05) is 24.3 Å². The lowest BCUT2D eigenvalue weighted by atomic mass is 9.66. The standard InChI is InChI=1S/C16H18N2/c1-5-7-11-10(2)15(18)14-12(16(11,3)4)8-6-9-13(14)17/h5-9,18H,1-2,17H2,3-4H3/b11-7+,18-15?. The maximum atomic E-state index is 8.25. The van der Waals surface area contributed by atoms with Crippen LogP contribution in [0.15, 0.2) is 54.7 Å². The van der Waals surface area contributed by atoms with Crippen LogP contribution >= 0.6 is 0 Å². The number of hydrogen-bond donors (Lipinski definition) is 2. The Bertz CT molecular complexity index is 589. The summed E-state index contributed by atoms with van der Waals surface area (Å²) in [5.41, 5.74) is 10.5. The van der Waals surface area contributed by atoms with E-state index in [0.717, 1.165) is 22.3 Å². The molecule has 1 aromatic rings. The van der Waals surface area contributed by atoms with Crippen molar-refractivity contribution in [2.75, 3.05) is 5.73 Å². The van der Waals surface area contributed by atoms with Gasteiger partial charge in [0.05, 0.1) is 5.71 Å². The van der Waals surface area contributed by atoms with Gasteiger partial charge in [-0.3, -0.25) is 5.41 Å². The van der Waals surface area contributed by atoms with Crippen LogP contribution < -0.4 is 5.73 Å². The van der Waals surface area contributed by atoms with Crippen LogP contribution in [-0.2, 0) is 5.41 Å². The van der Waals surface area contributed by atoms with Crippen molar-refractivity contribution >= 4 is 11.4 Å². The van der Waals surface area contributed by atoms with Crippen molar-refractivity contribution in [1.29, 1.82) is 5.41 Å². The molecule has 92 valence electrons. The Labute approximate surface area is 108 Å². The van der Waals surface area contributed by atoms with E-state index in [1.54, 1.807) is 6.08 Å². The Balaban J connectivity index is 2.82. The van der Waals surface area contributed by atoms with E-state index < -0.39 is 0 Å². The van der Waals surface area contributed by atoms with Gasteiger partial charge in [-0.25, -0.2) is 0 Å². The molecule has 0 amide bonds. The molecule has 0 heterocycles. The molecule has 0 spiro atoms. The van der Waals surface area contributed by atoms with Crippen LogP contribution in [0.2, 0.25) is 0 Å². The van der Waals surface area contributed by atoms with Gasteiger partial charge in [0.1, 0.15) is 0 Å². The van der Waals surface area contributed by atoms with Crippen molar-refractivity contribution in [3.8, 4) is 0 Å². The minimum Gasteiger partial charge on any atom is -0.398 e. The molecule has 3 N–H and O–H groups in total. The molecule has 0 unspecified atom stereocenters. The molecule has 18 heavy (non-hydrogen) atoms. The van der Waals surface area contributed by atoms with Gasteiger partial charge in [-0.2, -0.15) is 0 Å². The second-order valence-electron chi connectivity index (χ2n) is 5.06. The van der Waals surface area contributed by atoms with Gasteiger partial charge in [0, 0.05) is 16.7 Å². The van der Waals surface area contributed by atoms with E-state index >= 15 is 0 Å². The lowest BCUT2D eigenvalue weighted by Gasteiger charge is -2.37. The lowest BCUT2D eigenvalue weighted by Crippen LogP contribution is -2.32. The predicted octanol–water partition coefficient (Wildman–Crippen LogP) is 3.60. The summed E-state index contributed by atoms with van der Waals surface area (Å²) in [6.45, 7) is 12.0. The zero-order valence-corrected chi connectivity index (χ0v) is 10.9. The van der Waals surface area contributed by atoms with Gasteiger partial charge in [0.15, 0.2) is 0 Å². The first-order chi connectivity index (χ1) is 8.41. The normalized spacial score (nSPS) is 19.8. The summed E-state index contributed by atoms with van der Waals surface area (Å²) >= 11 is 0. The highest BCUT2D eigenvalue weighted by Gasteiger charge is 2.37. The number of rotatable bonds is 1. The second kappa shape index (κ2) is 3.98. The van der Waals surface area contributed by atoms with Gasteiger partial charge < -0.3 is 5.73 Å². The summed E-state index contributed by atoms with van der Waals surface area (Å²) < 4.78 is 0. The highest BCUT2D eigenvalue weighted by molar-refractivity contribution is 6.19. The van der Waals surface area contributed by atoms with Gasteiger partial charge in [-0.1, -0.05) is 51.3 Å². The van der Waals surface area contributed by atoms with Crippen LogP contribution in [0.5, 0.6) is 0 Å². The van der Waals surface area contributed by atoms with Crippen LogP contribution in [0, 0.1) is 5.41 Å². The fourth-order valence-corrected chi connectivity index (χ4v) is 2.60. The summed E-state index contributed by atoms with van der Waals surface area (Å²) in [4.78, 5) is 0. The third-order valence-corrected chi connectivity index (χ3v) is 3.60. The molecule has 0 fully saturated rings. The molecule has 0 saturated heterocycles. The zero-order valence-electron chi connectivity index (χ0n) is 10.9. The van der Waals surface area contributed by atoms with E-state index in [4.69, 9.17) is 11.1 Å². The molecule has 0 saturated carbocycles. The van der Waals surface area contributed by atoms with Gasteiger partial charge in [0.2, 0.25) is 0 Å². The van der Waals surface area contributed by atoms with Crippen LogP contribution in [0.25, 0.3) is 0 Å². The van der Waals surface area contributed by atoms with E-state index in [-0.39, 0.29) is 5.41 Å². The van der Waals surface area contributed by atoms with E-state index in [9.17, 15) is 0 Å². The molecule has 2 nitrogen and oxygen atoms in total. The monoisotopic (exact) mass is 238 g/mol. The second-order valence-corrected chi connectivity index (χ2v) is 5.06. The van der Waals surface area contributed by atoms with Gasteiger partial charge in [-0.15, -0.1) is 0 Å². The largest absolute Gasteiger partial charge is 0.398 e. The maximum absolute atomic E-state index is 8.25. The summed E-state index contributed by atoms with van der Waals surface area (Å²) in [7, 11) is 0. The molecule has 1 aromatic carbocycles. The van der Waals surface area contributed by atoms with Gasteiger partial charge in [-0.05, 0) is 22.8 Å². The smallest absolute Gasteiger partial charge is 0.0705 e. The molecule has 0 aliphatic heterocycles. The summed E-state index contributed by atoms with van der Waals surface area (Å²) in [5, 5.41) is 8.25. The Hall–Kier alpha value is -2.09. The molecule has 0 bridgehead atoms. The molecule has 1 aliphatic rings. The van der Waals surface area contributed by atoms with Crippen molar-refractivity contribution < 1.29 is 0 Å². The first-order valence-electron chi connectivity index (χ1n) is 5.92. The minimum atomic E-state index is -0.208. The number of hydrogen-bond acceptors (Lipinski definition) is 2. The Morgan fingerprint density at radius 1 is 1.33 bits per heavy atom. The van der Waals surface area contributed by atoms with Crippen molar-refractivity contribution in [2.24, 2.45) is 0 Å². The topological polar surface area (TPSA) is 49.9 Å². The number of anilines is 1. The number of allylic oxidation sites excluding steroid dienone is 4. The number of benzene rings is 1. The molecule has 2 heteroatoms. The molecular weight excluding hydrogens is 220 g/mol. The van der Waals surface area contributed by atoms with E-state index in [1.165, 1.54) is 0 Å². The number of fused-ring (bicyclic) bond motifs is 1. The van der Waals surface area contributed by atoms with E-state index in [2.05, 4.69) is 27.0 Å². The third-order valence-electron chi connectivity index (χ3n) is 3.60. The van der Waals surface area contributed by atoms with Crippen molar-refractivity contribution in [3.05, 3.63) is 65.8 Å². The highest BCUT2D eigenvalue weighted by atomic mass is 14.6. The minimum absolute atomic E-state index is 0.208. The van der Waals surface area contributed by atoms with E-state index in [0.29, 0.717) is 11.4 Å². The number of nitrogens with two attached hydrogens (primary N) is 1. The van der Waals surface area contributed by atoms with Crippen molar-refractivity contribution in [2.45, 2.75) is 19.3 Å². The maximum Gasteiger partial charge on any atom is 0.0705 e. The highest BCUT2D eigenvalue weighted by Crippen LogP contribution is 2.44. The molecule has 1 aliphatic carbocycles. The first-order valence-corrected chi connectivity index (χ1v) is 5.92. The average Bonchev–Trinajstić information content (AvgIpc) is 2.32. The molecule has 2 rings (SSSR count). The first kappa shape index (κ1) is 12.4. The average molecular weight is 238 g/mol. The number of nitrogen functional groups attached to an aromatic ring is 1. The number of nitrogens with one attached hydrogen (secondary N) is 1. The Morgan fingerprint density at radius 3 is 2.61 bits per heavy atom. The SMILES string of the molecule is C=C/C=C1\C(=C)C(=N)c2c(N)cccc2C1(C)C. The van der Waals surface area contributed by atoms with Gasteiger partial charge in [0.25, 0.3) is 0 Å². The summed E-state index contributed by atoms with van der Waals surface area (Å²) in [6, 6.07) is 5.80. The van der Waals surface area contributed by atoms with Crippen LogP contribution in [0.1, 0.15) is 25.0 Å². The molecular formula is C16H18N2. The van der Waals surface area contributed by atoms with Gasteiger partial charge >= 0.3 is 0 Å². The molecule has 0 aromatic heterocycles. The molecule has 0 atom stereocenters. The Kier molecular flexibility index (Phi) is 2.74. The predicted molar refractivity (Wildman–Crippen MR) is 78.1 cm³/mol.